The molecule has 0 aliphatic rings. The molecule has 3 aromatic carbocycles. The maximum atomic E-state index is 12.0. The van der Waals surface area contributed by atoms with Crippen LogP contribution in [0, 0.1) is 0 Å². The molecule has 2 N–H and O–H groups in total. The van der Waals surface area contributed by atoms with E-state index in [2.05, 4.69) is 60.8 Å². The summed E-state index contributed by atoms with van der Waals surface area (Å²) in [6.07, 6.45) is 12.1. The minimum Gasteiger partial charge on any atom is -0.481 e. The second kappa shape index (κ2) is 17.5. The van der Waals surface area contributed by atoms with E-state index in [9.17, 15) is 9.59 Å². The number of hydrogen-bond acceptors (Lipinski definition) is 3. The van der Waals surface area contributed by atoms with Gasteiger partial charge in [-0.1, -0.05) is 87.6 Å². The highest BCUT2D eigenvalue weighted by Gasteiger charge is 2.06. The molecule has 0 saturated heterocycles. The van der Waals surface area contributed by atoms with Crippen molar-refractivity contribution < 1.29 is 14.7 Å². The van der Waals surface area contributed by atoms with Crippen LogP contribution in [0.25, 0.3) is 11.1 Å². The number of carbonyl (C=O) groups excluding carboxylic acids is 1. The van der Waals surface area contributed by atoms with E-state index in [1.807, 2.05) is 36.0 Å². The largest absolute Gasteiger partial charge is 0.481 e. The summed E-state index contributed by atoms with van der Waals surface area (Å²) in [6.45, 7) is 2.40. The topological polar surface area (TPSA) is 66.4 Å². The van der Waals surface area contributed by atoms with Crippen LogP contribution in [0.1, 0.15) is 86.2 Å². The molecule has 1 amide bonds. The van der Waals surface area contributed by atoms with Gasteiger partial charge in [-0.15, -0.1) is 11.8 Å². The number of amides is 1. The summed E-state index contributed by atoms with van der Waals surface area (Å²) in [5.74, 6) is 0.0192. The van der Waals surface area contributed by atoms with Crippen LogP contribution in [0.2, 0.25) is 0 Å². The molecule has 5 heteroatoms. The van der Waals surface area contributed by atoms with Gasteiger partial charge >= 0.3 is 5.97 Å². The van der Waals surface area contributed by atoms with Crippen molar-refractivity contribution in [3.8, 4) is 11.1 Å². The number of carboxylic acids is 1. The van der Waals surface area contributed by atoms with E-state index in [1.165, 1.54) is 78.5 Å². The van der Waals surface area contributed by atoms with Gasteiger partial charge in [0.25, 0.3) is 5.91 Å². The van der Waals surface area contributed by atoms with Crippen molar-refractivity contribution in [1.82, 2.24) is 5.32 Å². The number of nitrogens with one attached hydrogen (secondary N) is 1. The second-order valence-corrected chi connectivity index (χ2v) is 11.3. The molecular weight excluding hydrogens is 502 g/mol. The Morgan fingerprint density at radius 2 is 1.23 bits per heavy atom. The molecule has 0 bridgehead atoms. The molecular formula is C34H43NO3S. The highest BCUT2D eigenvalue weighted by atomic mass is 32.2. The van der Waals surface area contributed by atoms with E-state index >= 15 is 0 Å². The zero-order valence-corrected chi connectivity index (χ0v) is 24.1. The summed E-state index contributed by atoms with van der Waals surface area (Å²) < 4.78 is 0. The van der Waals surface area contributed by atoms with Gasteiger partial charge in [-0.2, -0.15) is 0 Å². The first kappa shape index (κ1) is 30.5. The molecule has 39 heavy (non-hydrogen) atoms. The van der Waals surface area contributed by atoms with Crippen LogP contribution < -0.4 is 5.32 Å². The van der Waals surface area contributed by atoms with E-state index in [4.69, 9.17) is 5.11 Å². The Balaban J connectivity index is 1.25. The van der Waals surface area contributed by atoms with Gasteiger partial charge in [-0.25, -0.2) is 0 Å². The SMILES string of the molecule is CCCCCc1ccc(-c2ccc(SCCCCCCCc3ccc(C(=O)NCCC(=O)O)cc3)cc2)cc1. The van der Waals surface area contributed by atoms with E-state index < -0.39 is 5.97 Å². The van der Waals surface area contributed by atoms with Crippen LogP contribution in [-0.4, -0.2) is 29.3 Å². The zero-order valence-electron chi connectivity index (χ0n) is 23.3. The number of benzene rings is 3. The summed E-state index contributed by atoms with van der Waals surface area (Å²) in [6, 6.07) is 25.7. The average molecular weight is 546 g/mol. The summed E-state index contributed by atoms with van der Waals surface area (Å²) in [5, 5.41) is 11.3. The van der Waals surface area contributed by atoms with Gasteiger partial charge in [-0.05, 0) is 84.4 Å². The van der Waals surface area contributed by atoms with Gasteiger partial charge in [0.05, 0.1) is 6.42 Å². The summed E-state index contributed by atoms with van der Waals surface area (Å²) in [7, 11) is 0. The highest BCUT2D eigenvalue weighted by molar-refractivity contribution is 7.99. The lowest BCUT2D eigenvalue weighted by Gasteiger charge is -2.07. The third-order valence-corrected chi connectivity index (χ3v) is 8.03. The third kappa shape index (κ3) is 11.7. The molecule has 0 aliphatic carbocycles. The van der Waals surface area contributed by atoms with Crippen LogP contribution >= 0.6 is 11.8 Å². The van der Waals surface area contributed by atoms with Crippen molar-refractivity contribution in [3.05, 3.63) is 89.5 Å². The van der Waals surface area contributed by atoms with Gasteiger partial charge in [-0.3, -0.25) is 9.59 Å². The van der Waals surface area contributed by atoms with Crippen molar-refractivity contribution >= 4 is 23.6 Å². The van der Waals surface area contributed by atoms with Crippen molar-refractivity contribution in [2.24, 2.45) is 0 Å². The molecule has 0 radical (unpaired) electrons. The minimum atomic E-state index is -0.913. The number of hydrogen-bond donors (Lipinski definition) is 2. The zero-order chi connectivity index (χ0) is 27.7. The van der Waals surface area contributed by atoms with Crippen LogP contribution in [0.15, 0.2) is 77.7 Å². The highest BCUT2D eigenvalue weighted by Crippen LogP contribution is 2.26. The molecule has 0 unspecified atom stereocenters. The summed E-state index contributed by atoms with van der Waals surface area (Å²) in [4.78, 5) is 23.9. The van der Waals surface area contributed by atoms with E-state index in [-0.39, 0.29) is 18.9 Å². The fourth-order valence-corrected chi connectivity index (χ4v) is 5.46. The van der Waals surface area contributed by atoms with Crippen molar-refractivity contribution in [3.63, 3.8) is 0 Å². The lowest BCUT2D eigenvalue weighted by atomic mass is 10.0. The molecule has 3 aromatic rings. The Labute approximate surface area is 238 Å². The van der Waals surface area contributed by atoms with Crippen LogP contribution in [0.3, 0.4) is 0 Å². The first-order valence-electron chi connectivity index (χ1n) is 14.5. The fraction of sp³-hybridized carbons (Fsp3) is 0.412. The molecule has 0 atom stereocenters. The predicted molar refractivity (Wildman–Crippen MR) is 164 cm³/mol. The Hall–Kier alpha value is -3.05. The molecule has 4 nitrogen and oxygen atoms in total. The van der Waals surface area contributed by atoms with E-state index in [0.717, 1.165) is 18.6 Å². The van der Waals surface area contributed by atoms with Gasteiger partial charge in [0.2, 0.25) is 0 Å². The molecule has 0 aliphatic heterocycles. The monoisotopic (exact) mass is 545 g/mol. The molecule has 208 valence electrons. The molecule has 0 saturated carbocycles. The maximum absolute atomic E-state index is 12.0. The van der Waals surface area contributed by atoms with Gasteiger partial charge in [0.15, 0.2) is 0 Å². The smallest absolute Gasteiger partial charge is 0.305 e. The lowest BCUT2D eigenvalue weighted by molar-refractivity contribution is -0.136. The van der Waals surface area contributed by atoms with Gasteiger partial charge in [0.1, 0.15) is 0 Å². The third-order valence-electron chi connectivity index (χ3n) is 6.93. The standard InChI is InChI=1S/C34H43NO3S/c1-2-3-7-10-27-12-16-29(17-13-27)30-20-22-32(23-21-30)39-26-9-6-4-5-8-11-28-14-18-31(19-15-28)34(38)35-25-24-33(36)37/h12-23H,2-11,24-26H2,1H3,(H,35,38)(H,36,37). The summed E-state index contributed by atoms with van der Waals surface area (Å²) >= 11 is 1.95. The number of aryl methyl sites for hydroxylation is 2. The first-order valence-corrected chi connectivity index (χ1v) is 15.4. The van der Waals surface area contributed by atoms with Gasteiger partial charge in [0, 0.05) is 17.0 Å². The number of carbonyl (C=O) groups is 2. The predicted octanol–water partition coefficient (Wildman–Crippen LogP) is 8.58. The molecule has 0 heterocycles. The molecule has 3 rings (SSSR count). The average Bonchev–Trinajstić information content (AvgIpc) is 2.95. The molecule has 0 aromatic heterocycles. The number of rotatable bonds is 18. The van der Waals surface area contributed by atoms with Crippen molar-refractivity contribution in [1.29, 1.82) is 0 Å². The van der Waals surface area contributed by atoms with E-state index in [0.29, 0.717) is 5.56 Å². The first-order chi connectivity index (χ1) is 19.0. The molecule has 0 spiro atoms. The summed E-state index contributed by atoms with van der Waals surface area (Å²) in [5.41, 5.74) is 5.82. The quantitative estimate of drug-likeness (QED) is 0.124. The van der Waals surface area contributed by atoms with Gasteiger partial charge < -0.3 is 10.4 Å². The van der Waals surface area contributed by atoms with Crippen LogP contribution in [0.5, 0.6) is 0 Å². The fourth-order valence-electron chi connectivity index (χ4n) is 4.55. The van der Waals surface area contributed by atoms with Crippen molar-refractivity contribution in [2.45, 2.75) is 82.4 Å². The maximum Gasteiger partial charge on any atom is 0.305 e. The number of carboxylic acid groups (broad SMARTS) is 1. The van der Waals surface area contributed by atoms with Crippen molar-refractivity contribution in [2.75, 3.05) is 12.3 Å². The number of aliphatic carboxylic acids is 1. The van der Waals surface area contributed by atoms with E-state index in [1.54, 1.807) is 0 Å². The number of thioether (sulfide) groups is 1. The number of unbranched alkanes of at least 4 members (excludes halogenated alkanes) is 6. The Morgan fingerprint density at radius 1 is 0.692 bits per heavy atom. The van der Waals surface area contributed by atoms with Crippen LogP contribution in [-0.2, 0) is 17.6 Å². The van der Waals surface area contributed by atoms with Crippen LogP contribution in [0.4, 0.5) is 0 Å². The lowest BCUT2D eigenvalue weighted by Crippen LogP contribution is -2.25. The Bertz CT molecular complexity index is 1120. The molecule has 0 fully saturated rings. The minimum absolute atomic E-state index is 0.0651. The normalized spacial score (nSPS) is 10.9. The second-order valence-electron chi connectivity index (χ2n) is 10.1. The Morgan fingerprint density at radius 3 is 1.85 bits per heavy atom. The Kier molecular flexibility index (Phi) is 13.7.